The Morgan fingerprint density at radius 2 is 1.83 bits per heavy atom. The number of rotatable bonds is 2. The molecule has 2 aromatic carbocycles. The molecule has 0 saturated heterocycles. The highest BCUT2D eigenvalue weighted by atomic mass is 15.5. The molecule has 0 fully saturated rings. The fraction of sp³-hybridized carbons (Fsp3) is 0.263. The van der Waals surface area contributed by atoms with Crippen molar-refractivity contribution >= 4 is 5.82 Å². The maximum absolute atomic E-state index is 6.36. The van der Waals surface area contributed by atoms with Crippen LogP contribution in [0.4, 0.5) is 5.82 Å². The lowest BCUT2D eigenvalue weighted by molar-refractivity contribution is 0.805. The molecule has 116 valence electrons. The van der Waals surface area contributed by atoms with Crippen LogP contribution in [0.3, 0.4) is 0 Å². The largest absolute Gasteiger partial charge is 0.382 e. The number of aromatic nitrogens is 3. The second-order valence-corrected chi connectivity index (χ2v) is 6.36. The molecule has 0 spiro atoms. The number of hydrogen-bond acceptors (Lipinski definition) is 3. The summed E-state index contributed by atoms with van der Waals surface area (Å²) in [5.74, 6) is 0.592. The van der Waals surface area contributed by atoms with Crippen molar-refractivity contribution in [1.29, 1.82) is 0 Å². The standard InChI is InChI=1S/C19H20N4/c1-12-6-9-17(13(2)10-12)23-19(20)18(21-22-23)16-8-7-14-4-3-5-15(14)11-16/h6-11H,3-5,20H2,1-2H3. The first-order valence-corrected chi connectivity index (χ1v) is 8.04. The van der Waals surface area contributed by atoms with Crippen LogP contribution < -0.4 is 5.73 Å². The van der Waals surface area contributed by atoms with Gasteiger partial charge in [0, 0.05) is 5.56 Å². The number of nitrogens with zero attached hydrogens (tertiary/aromatic N) is 3. The minimum atomic E-state index is 0.592. The van der Waals surface area contributed by atoms with E-state index in [-0.39, 0.29) is 0 Å². The van der Waals surface area contributed by atoms with Crippen LogP contribution in [-0.4, -0.2) is 15.0 Å². The summed E-state index contributed by atoms with van der Waals surface area (Å²) < 4.78 is 1.73. The van der Waals surface area contributed by atoms with E-state index in [0.717, 1.165) is 28.9 Å². The van der Waals surface area contributed by atoms with E-state index in [1.807, 2.05) is 6.07 Å². The zero-order valence-electron chi connectivity index (χ0n) is 13.5. The number of fused-ring (bicyclic) bond motifs is 1. The fourth-order valence-electron chi connectivity index (χ4n) is 3.43. The highest BCUT2D eigenvalue weighted by Gasteiger charge is 2.17. The third-order valence-electron chi connectivity index (χ3n) is 4.66. The summed E-state index contributed by atoms with van der Waals surface area (Å²) in [5.41, 5.74) is 14.4. The molecular formula is C19H20N4. The van der Waals surface area contributed by atoms with Gasteiger partial charge < -0.3 is 5.73 Å². The third-order valence-corrected chi connectivity index (χ3v) is 4.66. The van der Waals surface area contributed by atoms with Gasteiger partial charge in [-0.05, 0) is 61.9 Å². The van der Waals surface area contributed by atoms with Gasteiger partial charge in [-0.2, -0.15) is 4.68 Å². The molecule has 1 heterocycles. The van der Waals surface area contributed by atoms with E-state index in [4.69, 9.17) is 5.73 Å². The summed E-state index contributed by atoms with van der Waals surface area (Å²) in [4.78, 5) is 0. The number of nitrogens with two attached hydrogens (primary N) is 1. The Morgan fingerprint density at radius 1 is 1.00 bits per heavy atom. The number of aryl methyl sites for hydroxylation is 4. The Morgan fingerprint density at radius 3 is 2.65 bits per heavy atom. The van der Waals surface area contributed by atoms with Crippen LogP contribution in [-0.2, 0) is 12.8 Å². The normalized spacial score (nSPS) is 13.3. The fourth-order valence-corrected chi connectivity index (χ4v) is 3.43. The monoisotopic (exact) mass is 304 g/mol. The quantitative estimate of drug-likeness (QED) is 0.786. The van der Waals surface area contributed by atoms with Crippen molar-refractivity contribution < 1.29 is 0 Å². The zero-order valence-corrected chi connectivity index (χ0v) is 13.5. The molecule has 4 rings (SSSR count). The van der Waals surface area contributed by atoms with E-state index in [1.165, 1.54) is 29.5 Å². The van der Waals surface area contributed by atoms with Gasteiger partial charge in [-0.25, -0.2) is 0 Å². The maximum Gasteiger partial charge on any atom is 0.155 e. The minimum Gasteiger partial charge on any atom is -0.382 e. The van der Waals surface area contributed by atoms with Gasteiger partial charge in [0.2, 0.25) is 0 Å². The molecule has 0 unspecified atom stereocenters. The van der Waals surface area contributed by atoms with Gasteiger partial charge in [0.15, 0.2) is 5.82 Å². The lowest BCUT2D eigenvalue weighted by Crippen LogP contribution is -2.04. The lowest BCUT2D eigenvalue weighted by Gasteiger charge is -2.08. The molecular weight excluding hydrogens is 284 g/mol. The first-order chi connectivity index (χ1) is 11.1. The maximum atomic E-state index is 6.36. The van der Waals surface area contributed by atoms with E-state index in [0.29, 0.717) is 5.82 Å². The first-order valence-electron chi connectivity index (χ1n) is 8.04. The Labute approximate surface area is 135 Å². The van der Waals surface area contributed by atoms with Gasteiger partial charge in [-0.1, -0.05) is 35.0 Å². The molecule has 0 aliphatic heterocycles. The van der Waals surface area contributed by atoms with Crippen LogP contribution in [0.2, 0.25) is 0 Å². The molecule has 0 amide bonds. The Hall–Kier alpha value is -2.62. The van der Waals surface area contributed by atoms with Crippen molar-refractivity contribution in [1.82, 2.24) is 15.0 Å². The first kappa shape index (κ1) is 14.0. The van der Waals surface area contributed by atoms with Crippen molar-refractivity contribution in [3.8, 4) is 16.9 Å². The Balaban J connectivity index is 1.79. The number of anilines is 1. The van der Waals surface area contributed by atoms with Crippen LogP contribution in [0.15, 0.2) is 36.4 Å². The average molecular weight is 304 g/mol. The molecule has 0 bridgehead atoms. The predicted octanol–water partition coefficient (Wildman–Crippen LogP) is 3.62. The van der Waals surface area contributed by atoms with Crippen LogP contribution >= 0.6 is 0 Å². The van der Waals surface area contributed by atoms with Crippen LogP contribution in [0.1, 0.15) is 28.7 Å². The summed E-state index contributed by atoms with van der Waals surface area (Å²) in [6.07, 6.45) is 3.57. The van der Waals surface area contributed by atoms with E-state index < -0.39 is 0 Å². The van der Waals surface area contributed by atoms with Crippen LogP contribution in [0.5, 0.6) is 0 Å². The SMILES string of the molecule is Cc1ccc(-n2nnc(-c3ccc4c(c3)CCC4)c2N)c(C)c1. The number of benzene rings is 2. The Bertz CT molecular complexity index is 892. The van der Waals surface area contributed by atoms with E-state index in [9.17, 15) is 0 Å². The zero-order chi connectivity index (χ0) is 16.0. The summed E-state index contributed by atoms with van der Waals surface area (Å²) in [5, 5.41) is 8.63. The van der Waals surface area contributed by atoms with Crippen molar-refractivity contribution in [2.75, 3.05) is 5.73 Å². The molecule has 1 aliphatic rings. The van der Waals surface area contributed by atoms with Gasteiger partial charge in [0.05, 0.1) is 5.69 Å². The third kappa shape index (κ3) is 2.31. The van der Waals surface area contributed by atoms with Crippen molar-refractivity contribution in [2.24, 2.45) is 0 Å². The summed E-state index contributed by atoms with van der Waals surface area (Å²) in [7, 11) is 0. The van der Waals surface area contributed by atoms with Crippen LogP contribution in [0.25, 0.3) is 16.9 Å². The number of hydrogen-bond donors (Lipinski definition) is 1. The number of nitrogen functional groups attached to an aromatic ring is 1. The minimum absolute atomic E-state index is 0.592. The van der Waals surface area contributed by atoms with Gasteiger partial charge in [0.25, 0.3) is 0 Å². The molecule has 4 nitrogen and oxygen atoms in total. The van der Waals surface area contributed by atoms with Crippen LogP contribution in [0, 0.1) is 13.8 Å². The molecule has 4 heteroatoms. The topological polar surface area (TPSA) is 56.7 Å². The molecule has 3 aromatic rings. The second kappa shape index (κ2) is 5.23. The van der Waals surface area contributed by atoms with Crippen molar-refractivity contribution in [2.45, 2.75) is 33.1 Å². The van der Waals surface area contributed by atoms with Gasteiger partial charge in [-0.3, -0.25) is 0 Å². The molecule has 0 radical (unpaired) electrons. The van der Waals surface area contributed by atoms with Gasteiger partial charge >= 0.3 is 0 Å². The van der Waals surface area contributed by atoms with Gasteiger partial charge in [-0.15, -0.1) is 5.10 Å². The predicted molar refractivity (Wildman–Crippen MR) is 92.7 cm³/mol. The molecule has 0 saturated carbocycles. The molecule has 1 aromatic heterocycles. The van der Waals surface area contributed by atoms with Crippen molar-refractivity contribution in [3.05, 3.63) is 58.7 Å². The molecule has 1 aliphatic carbocycles. The molecule has 0 atom stereocenters. The highest BCUT2D eigenvalue weighted by Crippen LogP contribution is 2.31. The smallest absolute Gasteiger partial charge is 0.155 e. The lowest BCUT2D eigenvalue weighted by atomic mass is 10.0. The van der Waals surface area contributed by atoms with Crippen molar-refractivity contribution in [3.63, 3.8) is 0 Å². The van der Waals surface area contributed by atoms with E-state index >= 15 is 0 Å². The molecule has 2 N–H and O–H groups in total. The van der Waals surface area contributed by atoms with Gasteiger partial charge in [0.1, 0.15) is 5.69 Å². The van der Waals surface area contributed by atoms with E-state index in [2.05, 4.69) is 54.5 Å². The average Bonchev–Trinajstić information content (AvgIpc) is 3.13. The summed E-state index contributed by atoms with van der Waals surface area (Å²) in [6.45, 7) is 4.15. The Kier molecular flexibility index (Phi) is 3.18. The highest BCUT2D eigenvalue weighted by molar-refractivity contribution is 5.72. The summed E-state index contributed by atoms with van der Waals surface area (Å²) >= 11 is 0. The van der Waals surface area contributed by atoms with E-state index in [1.54, 1.807) is 4.68 Å². The molecule has 23 heavy (non-hydrogen) atoms. The summed E-state index contributed by atoms with van der Waals surface area (Å²) in [6, 6.07) is 12.8. The second-order valence-electron chi connectivity index (χ2n) is 6.36.